The fraction of sp³-hybridized carbons (Fsp3) is 0.500. The molecule has 2 unspecified atom stereocenters. The van der Waals surface area contributed by atoms with Crippen LogP contribution in [-0.2, 0) is 0 Å². The fourth-order valence-corrected chi connectivity index (χ4v) is 2.30. The van der Waals surface area contributed by atoms with Crippen LogP contribution in [0.15, 0.2) is 24.3 Å². The summed E-state index contributed by atoms with van der Waals surface area (Å²) in [6, 6.07) is 7.65. The SMILES string of the molecule is Cc1ccccc1C(=O)N1CCC(O)C(C)C1. The van der Waals surface area contributed by atoms with Crippen molar-refractivity contribution in [3.8, 4) is 0 Å². The highest BCUT2D eigenvalue weighted by atomic mass is 16.3. The molecule has 2 rings (SSSR count). The molecule has 0 aliphatic carbocycles. The van der Waals surface area contributed by atoms with Crippen LogP contribution in [0.1, 0.15) is 29.3 Å². The standard InChI is InChI=1S/C14H19NO2/c1-10-5-3-4-6-12(10)14(17)15-8-7-13(16)11(2)9-15/h3-6,11,13,16H,7-9H2,1-2H3. The van der Waals surface area contributed by atoms with Crippen LogP contribution in [0.4, 0.5) is 0 Å². The van der Waals surface area contributed by atoms with Gasteiger partial charge in [-0.2, -0.15) is 0 Å². The lowest BCUT2D eigenvalue weighted by molar-refractivity contribution is 0.0297. The maximum Gasteiger partial charge on any atom is 0.254 e. The van der Waals surface area contributed by atoms with Gasteiger partial charge in [0.1, 0.15) is 0 Å². The lowest BCUT2D eigenvalue weighted by Crippen LogP contribution is -2.45. The Kier molecular flexibility index (Phi) is 3.48. The quantitative estimate of drug-likeness (QED) is 0.804. The molecule has 0 radical (unpaired) electrons. The van der Waals surface area contributed by atoms with Crippen LogP contribution in [-0.4, -0.2) is 35.1 Å². The van der Waals surface area contributed by atoms with Crippen LogP contribution in [0.25, 0.3) is 0 Å². The third-order valence-electron chi connectivity index (χ3n) is 3.52. The van der Waals surface area contributed by atoms with E-state index >= 15 is 0 Å². The van der Waals surface area contributed by atoms with E-state index < -0.39 is 0 Å². The topological polar surface area (TPSA) is 40.5 Å². The number of hydrogen-bond acceptors (Lipinski definition) is 2. The number of rotatable bonds is 1. The molecule has 0 saturated carbocycles. The number of aliphatic hydroxyl groups is 1. The van der Waals surface area contributed by atoms with E-state index in [4.69, 9.17) is 0 Å². The highest BCUT2D eigenvalue weighted by Gasteiger charge is 2.28. The van der Waals surface area contributed by atoms with E-state index in [1.807, 2.05) is 43.0 Å². The Balaban J connectivity index is 2.14. The zero-order chi connectivity index (χ0) is 12.4. The minimum Gasteiger partial charge on any atom is -0.393 e. The van der Waals surface area contributed by atoms with Crippen molar-refractivity contribution in [2.24, 2.45) is 5.92 Å². The number of aliphatic hydroxyl groups excluding tert-OH is 1. The van der Waals surface area contributed by atoms with Gasteiger partial charge in [0.15, 0.2) is 0 Å². The van der Waals surface area contributed by atoms with Gasteiger partial charge >= 0.3 is 0 Å². The highest BCUT2D eigenvalue weighted by Crippen LogP contribution is 2.19. The molecule has 3 heteroatoms. The average molecular weight is 233 g/mol. The number of nitrogens with zero attached hydrogens (tertiary/aromatic N) is 1. The molecule has 0 aromatic heterocycles. The van der Waals surface area contributed by atoms with Crippen molar-refractivity contribution in [3.63, 3.8) is 0 Å². The summed E-state index contributed by atoms with van der Waals surface area (Å²) in [5.41, 5.74) is 1.78. The molecule has 1 fully saturated rings. The molecule has 1 aliphatic rings. The van der Waals surface area contributed by atoms with Gasteiger partial charge in [0.25, 0.3) is 5.91 Å². The number of hydrogen-bond donors (Lipinski definition) is 1. The van der Waals surface area contributed by atoms with E-state index in [0.717, 1.165) is 11.1 Å². The largest absolute Gasteiger partial charge is 0.393 e. The van der Waals surface area contributed by atoms with Crippen molar-refractivity contribution in [2.45, 2.75) is 26.4 Å². The Morgan fingerprint density at radius 1 is 1.41 bits per heavy atom. The van der Waals surface area contributed by atoms with Gasteiger partial charge < -0.3 is 10.0 Å². The van der Waals surface area contributed by atoms with Crippen LogP contribution in [0, 0.1) is 12.8 Å². The molecular weight excluding hydrogens is 214 g/mol. The second-order valence-corrected chi connectivity index (χ2v) is 4.90. The van der Waals surface area contributed by atoms with E-state index in [1.54, 1.807) is 0 Å². The van der Waals surface area contributed by atoms with Crippen molar-refractivity contribution >= 4 is 5.91 Å². The molecule has 2 atom stereocenters. The van der Waals surface area contributed by atoms with E-state index in [-0.39, 0.29) is 17.9 Å². The van der Waals surface area contributed by atoms with Gasteiger partial charge in [0.2, 0.25) is 0 Å². The van der Waals surface area contributed by atoms with Crippen molar-refractivity contribution in [1.29, 1.82) is 0 Å². The summed E-state index contributed by atoms with van der Waals surface area (Å²) >= 11 is 0. The van der Waals surface area contributed by atoms with Crippen LogP contribution in [0.2, 0.25) is 0 Å². The maximum atomic E-state index is 12.3. The lowest BCUT2D eigenvalue weighted by Gasteiger charge is -2.34. The number of benzene rings is 1. The van der Waals surface area contributed by atoms with Crippen molar-refractivity contribution in [3.05, 3.63) is 35.4 Å². The minimum absolute atomic E-state index is 0.0850. The van der Waals surface area contributed by atoms with Gasteiger partial charge in [-0.3, -0.25) is 4.79 Å². The van der Waals surface area contributed by atoms with Crippen LogP contribution in [0.5, 0.6) is 0 Å². The zero-order valence-corrected chi connectivity index (χ0v) is 10.4. The summed E-state index contributed by atoms with van der Waals surface area (Å²) in [4.78, 5) is 14.2. The van der Waals surface area contributed by atoms with Gasteiger partial charge in [-0.1, -0.05) is 25.1 Å². The molecule has 3 nitrogen and oxygen atoms in total. The van der Waals surface area contributed by atoms with Crippen molar-refractivity contribution in [1.82, 2.24) is 4.90 Å². The van der Waals surface area contributed by atoms with Gasteiger partial charge in [-0.25, -0.2) is 0 Å². The first-order valence-electron chi connectivity index (χ1n) is 6.12. The second kappa shape index (κ2) is 4.88. The van der Waals surface area contributed by atoms with E-state index in [2.05, 4.69) is 0 Å². The monoisotopic (exact) mass is 233 g/mol. The summed E-state index contributed by atoms with van der Waals surface area (Å²) in [5, 5.41) is 9.66. The molecule has 1 saturated heterocycles. The van der Waals surface area contributed by atoms with E-state index in [9.17, 15) is 9.90 Å². The van der Waals surface area contributed by atoms with E-state index in [0.29, 0.717) is 19.5 Å². The third kappa shape index (κ3) is 2.50. The number of likely N-dealkylation sites (tertiary alicyclic amines) is 1. The molecule has 1 N–H and O–H groups in total. The molecule has 0 bridgehead atoms. The van der Waals surface area contributed by atoms with Gasteiger partial charge in [-0.15, -0.1) is 0 Å². The third-order valence-corrected chi connectivity index (χ3v) is 3.52. The number of amides is 1. The Bertz CT molecular complexity index is 416. The Labute approximate surface area is 102 Å². The number of aryl methyl sites for hydroxylation is 1. The normalized spacial score (nSPS) is 24.8. The molecule has 92 valence electrons. The molecule has 1 aliphatic heterocycles. The molecular formula is C14H19NO2. The zero-order valence-electron chi connectivity index (χ0n) is 10.4. The maximum absolute atomic E-state index is 12.3. The van der Waals surface area contributed by atoms with Crippen molar-refractivity contribution in [2.75, 3.05) is 13.1 Å². The molecule has 1 amide bonds. The van der Waals surface area contributed by atoms with E-state index in [1.165, 1.54) is 0 Å². The van der Waals surface area contributed by atoms with Gasteiger partial charge in [0, 0.05) is 18.7 Å². The first kappa shape index (κ1) is 12.1. The lowest BCUT2D eigenvalue weighted by atomic mass is 9.96. The first-order chi connectivity index (χ1) is 8.09. The molecule has 1 heterocycles. The average Bonchev–Trinajstić information content (AvgIpc) is 2.32. The summed E-state index contributed by atoms with van der Waals surface area (Å²) in [7, 11) is 0. The van der Waals surface area contributed by atoms with Crippen LogP contribution >= 0.6 is 0 Å². The highest BCUT2D eigenvalue weighted by molar-refractivity contribution is 5.95. The molecule has 1 aromatic rings. The summed E-state index contributed by atoms with van der Waals surface area (Å²) in [5.74, 6) is 0.249. The van der Waals surface area contributed by atoms with Crippen molar-refractivity contribution < 1.29 is 9.90 Å². The Morgan fingerprint density at radius 2 is 2.12 bits per heavy atom. The Hall–Kier alpha value is -1.35. The van der Waals surface area contributed by atoms with Crippen LogP contribution in [0.3, 0.4) is 0 Å². The summed E-state index contributed by atoms with van der Waals surface area (Å²) in [6.45, 7) is 5.24. The molecule has 17 heavy (non-hydrogen) atoms. The van der Waals surface area contributed by atoms with Crippen LogP contribution < -0.4 is 0 Å². The fourth-order valence-electron chi connectivity index (χ4n) is 2.30. The first-order valence-corrected chi connectivity index (χ1v) is 6.12. The second-order valence-electron chi connectivity index (χ2n) is 4.90. The smallest absolute Gasteiger partial charge is 0.254 e. The molecule has 1 aromatic carbocycles. The Morgan fingerprint density at radius 3 is 2.76 bits per heavy atom. The summed E-state index contributed by atoms with van der Waals surface area (Å²) in [6.07, 6.45) is 0.412. The minimum atomic E-state index is -0.268. The predicted molar refractivity (Wildman–Crippen MR) is 66.9 cm³/mol. The van der Waals surface area contributed by atoms with Gasteiger partial charge in [0.05, 0.1) is 6.10 Å². The summed E-state index contributed by atoms with van der Waals surface area (Å²) < 4.78 is 0. The number of piperidine rings is 1. The predicted octanol–water partition coefficient (Wildman–Crippen LogP) is 1.84. The molecule has 0 spiro atoms. The number of carbonyl (C=O) groups is 1. The number of carbonyl (C=O) groups excluding carboxylic acids is 1. The van der Waals surface area contributed by atoms with Gasteiger partial charge in [-0.05, 0) is 30.9 Å².